The first kappa shape index (κ1) is 22.2. The zero-order valence-corrected chi connectivity index (χ0v) is 19.9. The standard InChI is InChI=1S/C29H22N6O2/c1-37-22-15-13-21(14-16-22)34-25(32-24-12-6-8-18-31-24)19-26(36)35-29(34)27(20-9-3-2-4-10-20)28(33-35)23-11-5-7-17-30-23/h2-19H,1H3,(H,31,32). The molecule has 6 rings (SSSR count). The van der Waals surface area contributed by atoms with Crippen LogP contribution in [0.5, 0.6) is 5.75 Å². The van der Waals surface area contributed by atoms with Crippen molar-refractivity contribution < 1.29 is 4.74 Å². The van der Waals surface area contributed by atoms with Crippen LogP contribution in [0.4, 0.5) is 11.6 Å². The van der Waals surface area contributed by atoms with Crippen LogP contribution in [0.25, 0.3) is 33.8 Å². The molecule has 2 aromatic carbocycles. The maximum atomic E-state index is 13.5. The summed E-state index contributed by atoms with van der Waals surface area (Å²) in [6, 6.07) is 30.3. The van der Waals surface area contributed by atoms with Crippen molar-refractivity contribution in [1.29, 1.82) is 0 Å². The molecule has 0 aliphatic carbocycles. The Morgan fingerprint density at radius 2 is 1.54 bits per heavy atom. The van der Waals surface area contributed by atoms with Gasteiger partial charge in [-0.15, -0.1) is 0 Å². The number of pyridine rings is 2. The van der Waals surface area contributed by atoms with Gasteiger partial charge in [-0.25, -0.2) is 4.98 Å². The molecule has 180 valence electrons. The van der Waals surface area contributed by atoms with Crippen molar-refractivity contribution >= 4 is 17.3 Å². The van der Waals surface area contributed by atoms with Crippen molar-refractivity contribution in [3.05, 3.63) is 120 Å². The number of aromatic nitrogens is 5. The molecule has 0 aliphatic rings. The predicted molar refractivity (Wildman–Crippen MR) is 144 cm³/mol. The number of hydrogen-bond acceptors (Lipinski definition) is 6. The average molecular weight is 487 g/mol. The minimum absolute atomic E-state index is 0.280. The molecule has 0 aliphatic heterocycles. The molecule has 8 heteroatoms. The van der Waals surface area contributed by atoms with Crippen molar-refractivity contribution in [3.8, 4) is 34.0 Å². The summed E-state index contributed by atoms with van der Waals surface area (Å²) in [7, 11) is 1.63. The summed E-state index contributed by atoms with van der Waals surface area (Å²) in [6.45, 7) is 0. The highest BCUT2D eigenvalue weighted by atomic mass is 16.5. The van der Waals surface area contributed by atoms with E-state index in [2.05, 4.69) is 15.3 Å². The van der Waals surface area contributed by atoms with Gasteiger partial charge < -0.3 is 10.1 Å². The first-order valence-electron chi connectivity index (χ1n) is 11.7. The Morgan fingerprint density at radius 3 is 2.22 bits per heavy atom. The second-order valence-corrected chi connectivity index (χ2v) is 8.28. The van der Waals surface area contributed by atoms with Crippen molar-refractivity contribution in [2.75, 3.05) is 12.4 Å². The number of fused-ring (bicyclic) bond motifs is 1. The van der Waals surface area contributed by atoms with Gasteiger partial charge in [0.2, 0.25) is 0 Å². The molecule has 0 saturated heterocycles. The molecule has 0 atom stereocenters. The van der Waals surface area contributed by atoms with Gasteiger partial charge in [-0.1, -0.05) is 42.5 Å². The molecule has 0 radical (unpaired) electrons. The van der Waals surface area contributed by atoms with Gasteiger partial charge in [0.25, 0.3) is 5.56 Å². The van der Waals surface area contributed by atoms with Gasteiger partial charge in [0, 0.05) is 24.1 Å². The third-order valence-electron chi connectivity index (χ3n) is 6.00. The molecule has 6 aromatic rings. The number of nitrogens with one attached hydrogen (secondary N) is 1. The molecule has 0 spiro atoms. The van der Waals surface area contributed by atoms with E-state index in [-0.39, 0.29) is 5.56 Å². The fourth-order valence-electron chi connectivity index (χ4n) is 4.33. The summed E-state index contributed by atoms with van der Waals surface area (Å²) in [5.41, 5.74) is 4.12. The topological polar surface area (TPSA) is 86.3 Å². The Hall–Kier alpha value is -5.24. The van der Waals surface area contributed by atoms with Crippen LogP contribution in [0, 0.1) is 0 Å². The fourth-order valence-corrected chi connectivity index (χ4v) is 4.33. The highest BCUT2D eigenvalue weighted by Crippen LogP contribution is 2.36. The summed E-state index contributed by atoms with van der Waals surface area (Å²) in [6.07, 6.45) is 3.42. The number of hydrogen-bond donors (Lipinski definition) is 1. The maximum absolute atomic E-state index is 13.5. The third kappa shape index (κ3) is 4.10. The van der Waals surface area contributed by atoms with Crippen LogP contribution in [0.1, 0.15) is 0 Å². The predicted octanol–water partition coefficient (Wildman–Crippen LogP) is 5.36. The van der Waals surface area contributed by atoms with Crippen LogP contribution in [-0.2, 0) is 0 Å². The normalized spacial score (nSPS) is 10.9. The number of ether oxygens (including phenoxy) is 1. The summed E-state index contributed by atoms with van der Waals surface area (Å²) in [5, 5.41) is 8.10. The van der Waals surface area contributed by atoms with Crippen molar-refractivity contribution in [2.45, 2.75) is 0 Å². The highest BCUT2D eigenvalue weighted by Gasteiger charge is 2.23. The first-order valence-corrected chi connectivity index (χ1v) is 11.7. The number of benzene rings is 2. The number of nitrogens with zero attached hydrogens (tertiary/aromatic N) is 5. The van der Waals surface area contributed by atoms with E-state index < -0.39 is 0 Å². The Balaban J connectivity index is 1.73. The van der Waals surface area contributed by atoms with E-state index in [0.29, 0.717) is 28.7 Å². The Morgan fingerprint density at radius 1 is 0.811 bits per heavy atom. The molecule has 4 heterocycles. The quantitative estimate of drug-likeness (QED) is 0.341. The van der Waals surface area contributed by atoms with Crippen LogP contribution >= 0.6 is 0 Å². The smallest absolute Gasteiger partial charge is 0.276 e. The van der Waals surface area contributed by atoms with Crippen LogP contribution in [0.3, 0.4) is 0 Å². The molecule has 37 heavy (non-hydrogen) atoms. The lowest BCUT2D eigenvalue weighted by Gasteiger charge is -2.18. The van der Waals surface area contributed by atoms with E-state index in [0.717, 1.165) is 22.6 Å². The average Bonchev–Trinajstić information content (AvgIpc) is 3.36. The molecular weight excluding hydrogens is 464 g/mol. The lowest BCUT2D eigenvalue weighted by atomic mass is 10.0. The lowest BCUT2D eigenvalue weighted by molar-refractivity contribution is 0.415. The van der Waals surface area contributed by atoms with Gasteiger partial charge in [-0.3, -0.25) is 14.3 Å². The summed E-state index contributed by atoms with van der Waals surface area (Å²) in [4.78, 5) is 22.4. The van der Waals surface area contributed by atoms with E-state index >= 15 is 0 Å². The molecule has 0 bridgehead atoms. The summed E-state index contributed by atoms with van der Waals surface area (Å²) >= 11 is 0. The van der Waals surface area contributed by atoms with E-state index in [4.69, 9.17) is 9.84 Å². The lowest BCUT2D eigenvalue weighted by Crippen LogP contribution is -2.20. The molecule has 0 amide bonds. The van der Waals surface area contributed by atoms with Crippen LogP contribution in [-0.4, -0.2) is 31.3 Å². The molecule has 0 unspecified atom stereocenters. The number of methoxy groups -OCH3 is 1. The van der Waals surface area contributed by atoms with Gasteiger partial charge >= 0.3 is 0 Å². The van der Waals surface area contributed by atoms with Crippen LogP contribution in [0.2, 0.25) is 0 Å². The van der Waals surface area contributed by atoms with Gasteiger partial charge in [-0.2, -0.15) is 9.61 Å². The SMILES string of the molecule is COc1ccc(-n2c(Nc3ccccn3)cc(=O)n3nc(-c4ccccn4)c(-c4ccccc4)c23)cc1. The van der Waals surface area contributed by atoms with Gasteiger partial charge in [-0.05, 0) is 54.1 Å². The van der Waals surface area contributed by atoms with Crippen LogP contribution in [0.15, 0.2) is 114 Å². The number of rotatable bonds is 6. The largest absolute Gasteiger partial charge is 0.497 e. The Bertz CT molecular complexity index is 1730. The molecule has 4 aromatic heterocycles. The third-order valence-corrected chi connectivity index (χ3v) is 6.00. The second kappa shape index (κ2) is 9.43. The van der Waals surface area contributed by atoms with Crippen molar-refractivity contribution in [1.82, 2.24) is 24.1 Å². The van der Waals surface area contributed by atoms with Crippen molar-refractivity contribution in [2.24, 2.45) is 0 Å². The van der Waals surface area contributed by atoms with Crippen molar-refractivity contribution in [3.63, 3.8) is 0 Å². The van der Waals surface area contributed by atoms with Crippen LogP contribution < -0.4 is 15.6 Å². The van der Waals surface area contributed by atoms with Gasteiger partial charge in [0.05, 0.1) is 18.4 Å². The first-order chi connectivity index (χ1) is 18.2. The zero-order valence-electron chi connectivity index (χ0n) is 19.9. The van der Waals surface area contributed by atoms with E-state index in [1.54, 1.807) is 19.5 Å². The highest BCUT2D eigenvalue weighted by molar-refractivity contribution is 5.91. The summed E-state index contributed by atoms with van der Waals surface area (Å²) < 4.78 is 8.78. The fraction of sp³-hybridized carbons (Fsp3) is 0.0345. The number of anilines is 2. The van der Waals surface area contributed by atoms with E-state index in [1.165, 1.54) is 10.6 Å². The monoisotopic (exact) mass is 486 g/mol. The Kier molecular flexibility index (Phi) is 5.67. The maximum Gasteiger partial charge on any atom is 0.276 e. The minimum Gasteiger partial charge on any atom is -0.497 e. The molecular formula is C29H22N6O2. The zero-order chi connectivity index (χ0) is 25.2. The minimum atomic E-state index is -0.280. The Labute approximate surface area is 212 Å². The molecule has 0 saturated carbocycles. The summed E-state index contributed by atoms with van der Waals surface area (Å²) in [5.74, 6) is 1.89. The second-order valence-electron chi connectivity index (χ2n) is 8.28. The molecule has 1 N–H and O–H groups in total. The van der Waals surface area contributed by atoms with Gasteiger partial charge in [0.1, 0.15) is 23.1 Å². The van der Waals surface area contributed by atoms with Gasteiger partial charge in [0.15, 0.2) is 5.65 Å². The molecule has 0 fully saturated rings. The van der Waals surface area contributed by atoms with E-state index in [9.17, 15) is 4.79 Å². The van der Waals surface area contributed by atoms with E-state index in [1.807, 2.05) is 95.6 Å². The molecule has 8 nitrogen and oxygen atoms in total.